The van der Waals surface area contributed by atoms with Crippen LogP contribution in [-0.4, -0.2) is 0 Å². The largest absolute Gasteiger partial charge is 0.326 e. The predicted octanol–water partition coefficient (Wildman–Crippen LogP) is 4.73. The number of nitrogens with two attached hydrogens (primary N) is 2. The van der Waals surface area contributed by atoms with E-state index >= 15 is 0 Å². The van der Waals surface area contributed by atoms with E-state index in [1.807, 2.05) is 0 Å². The van der Waals surface area contributed by atoms with Gasteiger partial charge in [0.15, 0.2) is 0 Å². The fourth-order valence-electron chi connectivity index (χ4n) is 2.63. The van der Waals surface area contributed by atoms with E-state index in [2.05, 4.69) is 12.1 Å². The number of nitriles is 2. The Labute approximate surface area is 171 Å². The monoisotopic (exact) mass is 398 g/mol. The van der Waals surface area contributed by atoms with Crippen molar-refractivity contribution >= 4 is 0 Å². The first-order chi connectivity index (χ1) is 13.4. The molecule has 0 fully saturated rings. The first-order valence-corrected chi connectivity index (χ1v) is 9.26. The highest BCUT2D eigenvalue weighted by molar-refractivity contribution is 5.35. The van der Waals surface area contributed by atoms with Gasteiger partial charge >= 0.3 is 0 Å². The van der Waals surface area contributed by atoms with Gasteiger partial charge in [-0.2, -0.15) is 10.5 Å². The quantitative estimate of drug-likeness (QED) is 0.777. The fraction of sp³-hybridized carbons (Fsp3) is 0.391. The van der Waals surface area contributed by atoms with E-state index in [0.717, 1.165) is 11.1 Å². The molecule has 154 valence electrons. The molecule has 0 spiro atoms. The van der Waals surface area contributed by atoms with Crippen LogP contribution in [0.4, 0.5) is 8.78 Å². The average molecular weight is 399 g/mol. The summed E-state index contributed by atoms with van der Waals surface area (Å²) >= 11 is 0. The maximum Gasteiger partial charge on any atom is 0.128 e. The molecule has 1 atom stereocenters. The zero-order chi connectivity index (χ0) is 22.4. The summed E-state index contributed by atoms with van der Waals surface area (Å²) in [6.45, 7) is 8.86. The summed E-state index contributed by atoms with van der Waals surface area (Å²) in [7, 11) is 0. The molecule has 4 nitrogen and oxygen atoms in total. The van der Waals surface area contributed by atoms with Crippen LogP contribution in [0.15, 0.2) is 36.4 Å². The van der Waals surface area contributed by atoms with Gasteiger partial charge in [0.25, 0.3) is 0 Å². The number of halogens is 2. The number of hydrogen-bond donors (Lipinski definition) is 2. The summed E-state index contributed by atoms with van der Waals surface area (Å²) < 4.78 is 27.2. The lowest BCUT2D eigenvalue weighted by molar-refractivity contribution is 0.561. The molecule has 29 heavy (non-hydrogen) atoms. The van der Waals surface area contributed by atoms with Crippen molar-refractivity contribution in [2.45, 2.75) is 58.0 Å². The molecule has 0 amide bonds. The first kappa shape index (κ1) is 24.2. The second-order valence-corrected chi connectivity index (χ2v) is 8.02. The van der Waals surface area contributed by atoms with Gasteiger partial charge in [0.1, 0.15) is 11.6 Å². The maximum absolute atomic E-state index is 13.7. The van der Waals surface area contributed by atoms with Crippen molar-refractivity contribution in [1.29, 1.82) is 10.5 Å². The Morgan fingerprint density at radius 1 is 0.897 bits per heavy atom. The minimum atomic E-state index is -0.805. The minimum Gasteiger partial charge on any atom is -0.326 e. The van der Waals surface area contributed by atoms with Crippen molar-refractivity contribution in [3.05, 3.63) is 70.3 Å². The number of nitrogens with zero attached hydrogens (tertiary/aromatic N) is 2. The van der Waals surface area contributed by atoms with Crippen LogP contribution in [0, 0.1) is 34.3 Å². The van der Waals surface area contributed by atoms with Crippen LogP contribution >= 0.6 is 0 Å². The van der Waals surface area contributed by atoms with E-state index in [1.165, 1.54) is 12.1 Å². The Hall–Kier alpha value is -2.80. The molecule has 0 aliphatic carbocycles. The zero-order valence-corrected chi connectivity index (χ0v) is 17.6. The lowest BCUT2D eigenvalue weighted by Crippen LogP contribution is -2.17. The van der Waals surface area contributed by atoms with Crippen molar-refractivity contribution in [1.82, 2.24) is 0 Å². The molecule has 2 aromatic carbocycles. The summed E-state index contributed by atoms with van der Waals surface area (Å²) in [5, 5.41) is 17.8. The van der Waals surface area contributed by atoms with Crippen molar-refractivity contribution in [2.75, 3.05) is 0 Å². The predicted molar refractivity (Wildman–Crippen MR) is 111 cm³/mol. The van der Waals surface area contributed by atoms with Crippen LogP contribution in [0.25, 0.3) is 0 Å². The molecular formula is C23H28F2N4. The summed E-state index contributed by atoms with van der Waals surface area (Å²) in [6.07, 6.45) is 0. The van der Waals surface area contributed by atoms with E-state index in [1.54, 1.807) is 58.9 Å². The van der Waals surface area contributed by atoms with E-state index in [0.29, 0.717) is 17.7 Å². The highest BCUT2D eigenvalue weighted by Crippen LogP contribution is 2.27. The molecule has 0 aromatic heterocycles. The summed E-state index contributed by atoms with van der Waals surface area (Å²) in [6, 6.07) is 13.5. The van der Waals surface area contributed by atoms with E-state index in [4.69, 9.17) is 22.0 Å². The van der Waals surface area contributed by atoms with Gasteiger partial charge in [0.05, 0.1) is 23.0 Å². The third-order valence-corrected chi connectivity index (χ3v) is 4.69. The maximum atomic E-state index is 13.7. The van der Waals surface area contributed by atoms with Crippen molar-refractivity contribution < 1.29 is 8.78 Å². The van der Waals surface area contributed by atoms with Gasteiger partial charge in [-0.15, -0.1) is 0 Å². The van der Waals surface area contributed by atoms with Crippen molar-refractivity contribution in [3.63, 3.8) is 0 Å². The Balaban J connectivity index is 0.000000291. The molecule has 4 N–H and O–H groups in total. The van der Waals surface area contributed by atoms with Gasteiger partial charge in [0, 0.05) is 23.7 Å². The first-order valence-electron chi connectivity index (χ1n) is 9.26. The Morgan fingerprint density at radius 2 is 1.34 bits per heavy atom. The topological polar surface area (TPSA) is 99.6 Å². The summed E-state index contributed by atoms with van der Waals surface area (Å²) in [5.41, 5.74) is 11.7. The van der Waals surface area contributed by atoms with Gasteiger partial charge < -0.3 is 11.5 Å². The van der Waals surface area contributed by atoms with Gasteiger partial charge in [-0.25, -0.2) is 8.78 Å². The highest BCUT2D eigenvalue weighted by atomic mass is 19.1. The fourth-order valence-corrected chi connectivity index (χ4v) is 2.63. The highest BCUT2D eigenvalue weighted by Gasteiger charge is 2.24. The van der Waals surface area contributed by atoms with Crippen LogP contribution in [0.5, 0.6) is 0 Å². The molecule has 0 heterocycles. The van der Waals surface area contributed by atoms with Crippen molar-refractivity contribution in [2.24, 2.45) is 11.5 Å². The second-order valence-electron chi connectivity index (χ2n) is 8.02. The van der Waals surface area contributed by atoms with Crippen LogP contribution in [0.3, 0.4) is 0 Å². The molecule has 0 aliphatic rings. The van der Waals surface area contributed by atoms with Crippen molar-refractivity contribution in [3.8, 4) is 12.1 Å². The molecule has 2 aromatic rings. The third kappa shape index (κ3) is 6.09. The number of hydrogen-bond acceptors (Lipinski definition) is 4. The van der Waals surface area contributed by atoms with Gasteiger partial charge in [-0.1, -0.05) is 24.3 Å². The molecule has 2 rings (SSSR count). The average Bonchev–Trinajstić information content (AvgIpc) is 2.67. The number of benzene rings is 2. The van der Waals surface area contributed by atoms with Crippen LogP contribution in [0.2, 0.25) is 0 Å². The van der Waals surface area contributed by atoms with Crippen LogP contribution in [-0.2, 0) is 17.4 Å². The Morgan fingerprint density at radius 3 is 1.69 bits per heavy atom. The molecule has 6 heteroatoms. The second kappa shape index (κ2) is 9.60. The van der Waals surface area contributed by atoms with Crippen LogP contribution in [0.1, 0.15) is 62.9 Å². The SMILES string of the molecule is CC(C)(C#N)c1ccc(CN)cc1F.CC(N)c1ccc(C(C)(C)C#N)c(F)c1. The number of rotatable bonds is 4. The minimum absolute atomic E-state index is 0.196. The molecule has 1 unspecified atom stereocenters. The molecule has 0 bridgehead atoms. The van der Waals surface area contributed by atoms with E-state index < -0.39 is 10.8 Å². The van der Waals surface area contributed by atoms with Gasteiger partial charge in [0.2, 0.25) is 0 Å². The Bertz CT molecular complexity index is 935. The third-order valence-electron chi connectivity index (χ3n) is 4.69. The smallest absolute Gasteiger partial charge is 0.128 e. The molecule has 0 saturated carbocycles. The lowest BCUT2D eigenvalue weighted by Gasteiger charge is -2.17. The molecular weight excluding hydrogens is 370 g/mol. The molecule has 0 saturated heterocycles. The summed E-state index contributed by atoms with van der Waals surface area (Å²) in [4.78, 5) is 0. The summed E-state index contributed by atoms with van der Waals surface area (Å²) in [5.74, 6) is -0.726. The molecule has 0 aliphatic heterocycles. The Kier molecular flexibility index (Phi) is 8.03. The zero-order valence-electron chi connectivity index (χ0n) is 17.6. The van der Waals surface area contributed by atoms with Crippen LogP contribution < -0.4 is 11.5 Å². The van der Waals surface area contributed by atoms with E-state index in [9.17, 15) is 8.78 Å². The van der Waals surface area contributed by atoms with Gasteiger partial charge in [-0.05, 0) is 57.9 Å². The standard InChI is InChI=1S/C12H15FN2.C11H13FN2/c1-8(15)9-4-5-10(11(13)6-9)12(2,3)7-14;1-11(2,7-14)9-4-3-8(6-13)5-10(9)12/h4-6,8H,15H2,1-3H3;3-5H,6,13H2,1-2H3. The normalized spacial score (nSPS) is 12.2. The molecule has 0 radical (unpaired) electrons. The lowest BCUT2D eigenvalue weighted by atomic mass is 9.85. The van der Waals surface area contributed by atoms with Gasteiger partial charge in [-0.3, -0.25) is 0 Å². The van der Waals surface area contributed by atoms with E-state index in [-0.39, 0.29) is 17.7 Å².